The first-order valence-electron chi connectivity index (χ1n) is 7.64. The van der Waals surface area contributed by atoms with E-state index in [-0.39, 0.29) is 5.56 Å². The topological polar surface area (TPSA) is 46.5 Å². The average Bonchev–Trinajstić information content (AvgIpc) is 2.46. The first kappa shape index (κ1) is 18.0. The molecule has 0 aliphatic heterocycles. The van der Waals surface area contributed by atoms with Gasteiger partial charge in [-0.1, -0.05) is 35.4 Å². The van der Waals surface area contributed by atoms with Crippen LogP contribution in [0, 0.1) is 0 Å². The van der Waals surface area contributed by atoms with Crippen molar-refractivity contribution in [2.45, 2.75) is 46.5 Å². The molecule has 1 rings (SSSR count). The maximum Gasteiger partial charge on any atom is 0.339 e. The normalized spacial score (nSPS) is 11.2. The van der Waals surface area contributed by atoms with Crippen LogP contribution in [0.2, 0.25) is 0 Å². The van der Waals surface area contributed by atoms with E-state index in [2.05, 4.69) is 32.9 Å². The lowest BCUT2D eigenvalue weighted by Gasteiger charge is -2.09. The second-order valence-corrected chi connectivity index (χ2v) is 5.71. The third-order valence-electron chi connectivity index (χ3n) is 3.54. The van der Waals surface area contributed by atoms with E-state index in [1.165, 1.54) is 18.3 Å². The minimum absolute atomic E-state index is 0.278. The van der Waals surface area contributed by atoms with Crippen LogP contribution in [0.1, 0.15) is 56.0 Å². The second kappa shape index (κ2) is 9.08. The minimum atomic E-state index is -0.934. The molecule has 0 spiro atoms. The van der Waals surface area contributed by atoms with Gasteiger partial charge >= 0.3 is 5.97 Å². The fraction of sp³-hybridized carbons (Fsp3) is 0.421. The number of aryl methyl sites for hydroxylation is 1. The van der Waals surface area contributed by atoms with Crippen molar-refractivity contribution in [3.8, 4) is 5.75 Å². The van der Waals surface area contributed by atoms with Crippen molar-refractivity contribution < 1.29 is 14.6 Å². The van der Waals surface area contributed by atoms with E-state index in [9.17, 15) is 9.90 Å². The van der Waals surface area contributed by atoms with Crippen LogP contribution in [0.25, 0.3) is 0 Å². The van der Waals surface area contributed by atoms with Crippen molar-refractivity contribution in [1.82, 2.24) is 0 Å². The lowest BCUT2D eigenvalue weighted by molar-refractivity contribution is 0.0692. The van der Waals surface area contributed by atoms with E-state index in [0.717, 1.165) is 24.8 Å². The quantitative estimate of drug-likeness (QED) is 0.686. The molecule has 0 aliphatic rings. The number of carboxylic acids is 1. The number of allylic oxidation sites excluding steroid dienone is 4. The van der Waals surface area contributed by atoms with Gasteiger partial charge in [-0.3, -0.25) is 0 Å². The van der Waals surface area contributed by atoms with Gasteiger partial charge in [0.15, 0.2) is 0 Å². The number of hydrogen-bond acceptors (Lipinski definition) is 2. The fourth-order valence-corrected chi connectivity index (χ4v) is 2.36. The lowest BCUT2D eigenvalue weighted by atomic mass is 10.0. The number of carboxylic acid groups (broad SMARTS) is 1. The van der Waals surface area contributed by atoms with E-state index in [1.54, 1.807) is 6.07 Å². The highest BCUT2D eigenvalue weighted by Crippen LogP contribution is 2.23. The zero-order chi connectivity index (χ0) is 16.5. The summed E-state index contributed by atoms with van der Waals surface area (Å²) < 4.78 is 5.15. The molecule has 1 aromatic carbocycles. The van der Waals surface area contributed by atoms with Crippen LogP contribution in [0.3, 0.4) is 0 Å². The van der Waals surface area contributed by atoms with Crippen molar-refractivity contribution in [2.75, 3.05) is 7.11 Å². The molecule has 22 heavy (non-hydrogen) atoms. The first-order chi connectivity index (χ1) is 10.5. The monoisotopic (exact) mass is 302 g/mol. The largest absolute Gasteiger partial charge is 0.496 e. The highest BCUT2D eigenvalue weighted by molar-refractivity contribution is 5.92. The van der Waals surface area contributed by atoms with Gasteiger partial charge in [0.1, 0.15) is 11.3 Å². The maximum absolute atomic E-state index is 11.4. The molecule has 0 aromatic heterocycles. The molecule has 0 bridgehead atoms. The van der Waals surface area contributed by atoms with Crippen LogP contribution in [0.5, 0.6) is 5.75 Å². The summed E-state index contributed by atoms with van der Waals surface area (Å²) >= 11 is 0. The van der Waals surface area contributed by atoms with Gasteiger partial charge in [0, 0.05) is 0 Å². The summed E-state index contributed by atoms with van der Waals surface area (Å²) in [5, 5.41) is 9.35. The number of benzene rings is 1. The zero-order valence-corrected chi connectivity index (χ0v) is 14.0. The van der Waals surface area contributed by atoms with Gasteiger partial charge in [-0.2, -0.15) is 0 Å². The Morgan fingerprint density at radius 2 is 1.91 bits per heavy atom. The van der Waals surface area contributed by atoms with Gasteiger partial charge in [-0.05, 0) is 58.1 Å². The molecule has 1 aromatic rings. The van der Waals surface area contributed by atoms with Gasteiger partial charge in [0.25, 0.3) is 0 Å². The summed E-state index contributed by atoms with van der Waals surface area (Å²) in [5.41, 5.74) is 3.79. The van der Waals surface area contributed by atoms with Crippen LogP contribution < -0.4 is 4.74 Å². The first-order valence-corrected chi connectivity index (χ1v) is 7.64. The molecule has 0 saturated heterocycles. The highest BCUT2D eigenvalue weighted by atomic mass is 16.5. The molecule has 0 heterocycles. The smallest absolute Gasteiger partial charge is 0.339 e. The molecule has 0 aliphatic carbocycles. The Bertz CT molecular complexity index is 564. The molecule has 0 atom stereocenters. The third-order valence-corrected chi connectivity index (χ3v) is 3.54. The Balaban J connectivity index is 2.68. The lowest BCUT2D eigenvalue weighted by Crippen LogP contribution is -2.05. The molecule has 0 saturated carbocycles. The Hall–Kier alpha value is -2.03. The Kier molecular flexibility index (Phi) is 7.44. The molecule has 120 valence electrons. The molecular formula is C19H26O3. The van der Waals surface area contributed by atoms with Crippen molar-refractivity contribution >= 4 is 5.97 Å². The van der Waals surface area contributed by atoms with Crippen LogP contribution >= 0.6 is 0 Å². The second-order valence-electron chi connectivity index (χ2n) is 5.71. The van der Waals surface area contributed by atoms with E-state index >= 15 is 0 Å². The molecule has 0 fully saturated rings. The Morgan fingerprint density at radius 3 is 2.50 bits per heavy atom. The van der Waals surface area contributed by atoms with Crippen molar-refractivity contribution in [3.05, 3.63) is 52.6 Å². The number of carbonyl (C=O) groups is 1. The number of aromatic carboxylic acids is 1. The van der Waals surface area contributed by atoms with E-state index in [4.69, 9.17) is 4.74 Å². The average molecular weight is 302 g/mol. The summed E-state index contributed by atoms with van der Waals surface area (Å²) in [5.74, 6) is -0.508. The molecule has 0 unspecified atom stereocenters. The molecule has 3 heteroatoms. The zero-order valence-electron chi connectivity index (χ0n) is 14.0. The molecule has 1 N–H and O–H groups in total. The number of ether oxygens (including phenoxy) is 1. The van der Waals surface area contributed by atoms with E-state index < -0.39 is 5.97 Å². The van der Waals surface area contributed by atoms with Crippen molar-refractivity contribution in [2.24, 2.45) is 0 Å². The van der Waals surface area contributed by atoms with Crippen LogP contribution in [-0.4, -0.2) is 18.2 Å². The molecule has 3 nitrogen and oxygen atoms in total. The summed E-state index contributed by atoms with van der Waals surface area (Å²) in [7, 11) is 1.50. The number of rotatable bonds is 8. The van der Waals surface area contributed by atoms with Crippen molar-refractivity contribution in [3.63, 3.8) is 0 Å². The van der Waals surface area contributed by atoms with Crippen LogP contribution in [0.4, 0.5) is 0 Å². The predicted octanol–water partition coefficient (Wildman–Crippen LogP) is 5.02. The van der Waals surface area contributed by atoms with E-state index in [1.807, 2.05) is 12.1 Å². The van der Waals surface area contributed by atoms with Gasteiger partial charge in [0.2, 0.25) is 0 Å². The SMILES string of the molecule is COc1cccc(CC/C=C(\C)CCC=C(C)C)c1C(=O)O. The van der Waals surface area contributed by atoms with Gasteiger partial charge in [0.05, 0.1) is 7.11 Å². The number of methoxy groups -OCH3 is 1. The third kappa shape index (κ3) is 5.76. The summed E-state index contributed by atoms with van der Waals surface area (Å²) in [4.78, 5) is 11.4. The number of hydrogen-bond donors (Lipinski definition) is 1. The molecule has 0 radical (unpaired) electrons. The summed E-state index contributed by atoms with van der Waals surface area (Å²) in [6, 6.07) is 5.39. The molecule has 0 amide bonds. The Morgan fingerprint density at radius 1 is 1.18 bits per heavy atom. The van der Waals surface area contributed by atoms with E-state index in [0.29, 0.717) is 12.2 Å². The van der Waals surface area contributed by atoms with Gasteiger partial charge < -0.3 is 9.84 Å². The van der Waals surface area contributed by atoms with Crippen LogP contribution in [-0.2, 0) is 6.42 Å². The fourth-order valence-electron chi connectivity index (χ4n) is 2.36. The van der Waals surface area contributed by atoms with Crippen LogP contribution in [0.15, 0.2) is 41.5 Å². The van der Waals surface area contributed by atoms with Gasteiger partial charge in [-0.25, -0.2) is 4.79 Å². The highest BCUT2D eigenvalue weighted by Gasteiger charge is 2.15. The van der Waals surface area contributed by atoms with Crippen molar-refractivity contribution in [1.29, 1.82) is 0 Å². The van der Waals surface area contributed by atoms with Gasteiger partial charge in [-0.15, -0.1) is 0 Å². The Labute approximate surface area is 133 Å². The maximum atomic E-state index is 11.4. The predicted molar refractivity (Wildman–Crippen MR) is 90.7 cm³/mol. The minimum Gasteiger partial charge on any atom is -0.496 e. The summed E-state index contributed by atoms with van der Waals surface area (Å²) in [6.45, 7) is 6.34. The summed E-state index contributed by atoms with van der Waals surface area (Å²) in [6.07, 6.45) is 8.10. The standard InChI is InChI=1S/C19H26O3/c1-14(2)8-5-9-15(3)10-6-11-16-12-7-13-17(22-4)18(16)19(20)21/h7-8,10,12-13H,5-6,9,11H2,1-4H3,(H,20,21)/b15-10+. The molecular weight excluding hydrogens is 276 g/mol.